The third kappa shape index (κ3) is 3.78. The first-order valence-corrected chi connectivity index (χ1v) is 12.2. The number of allylic oxidation sites excluding steroid dienone is 6. The number of hydrogen-bond donors (Lipinski definition) is 2. The number of aromatic hydroxyl groups is 1. The van der Waals surface area contributed by atoms with Crippen molar-refractivity contribution < 1.29 is 34.2 Å². The van der Waals surface area contributed by atoms with Gasteiger partial charge in [-0.15, -0.1) is 0 Å². The van der Waals surface area contributed by atoms with Gasteiger partial charge in [-0.1, -0.05) is 23.8 Å². The van der Waals surface area contributed by atoms with Gasteiger partial charge in [-0.05, 0) is 58.8 Å². The molecule has 2 amide bonds. The molecule has 8 nitrogen and oxygen atoms in total. The van der Waals surface area contributed by atoms with Crippen molar-refractivity contribution in [1.29, 1.82) is 0 Å². The summed E-state index contributed by atoms with van der Waals surface area (Å²) < 4.78 is 0.162. The number of Topliss-reactive ketones (excluding diaryl/α,β-unsaturated/α-hetero) is 1. The van der Waals surface area contributed by atoms with Crippen molar-refractivity contribution in [2.45, 2.75) is 31.6 Å². The molecule has 4 aliphatic rings. The molecule has 1 aromatic rings. The molecule has 0 unspecified atom stereocenters. The zero-order valence-electron chi connectivity index (χ0n) is 18.6. The minimum absolute atomic E-state index is 0.0417. The zero-order chi connectivity index (χ0) is 25.0. The maximum absolute atomic E-state index is 13.4. The Morgan fingerprint density at radius 1 is 1.06 bits per heavy atom. The number of imide groups is 1. The van der Waals surface area contributed by atoms with Gasteiger partial charge in [0.2, 0.25) is 11.8 Å². The van der Waals surface area contributed by atoms with Crippen molar-refractivity contribution in [3.05, 3.63) is 63.2 Å². The number of benzene rings is 1. The molecule has 180 valence electrons. The summed E-state index contributed by atoms with van der Waals surface area (Å²) >= 11 is 3.19. The first-order valence-electron chi connectivity index (χ1n) is 11.4. The number of phenolic OH excluding ortho intramolecular Hbond substituents is 1. The highest BCUT2D eigenvalue weighted by Crippen LogP contribution is 2.55. The van der Waals surface area contributed by atoms with E-state index in [4.69, 9.17) is 5.11 Å². The number of likely N-dealkylation sites (tertiary alicyclic amines) is 1. The molecule has 5 rings (SSSR count). The Labute approximate surface area is 209 Å². The summed E-state index contributed by atoms with van der Waals surface area (Å²) in [6.07, 6.45) is 3.73. The van der Waals surface area contributed by atoms with Crippen LogP contribution in [0.1, 0.15) is 37.2 Å². The van der Waals surface area contributed by atoms with Gasteiger partial charge in [-0.2, -0.15) is 0 Å². The van der Waals surface area contributed by atoms with E-state index in [1.807, 2.05) is 6.08 Å². The fraction of sp³-hybridized carbons (Fsp3) is 0.346. The molecule has 0 spiro atoms. The van der Waals surface area contributed by atoms with Crippen molar-refractivity contribution in [2.75, 3.05) is 6.54 Å². The monoisotopic (exact) mass is 539 g/mol. The maximum atomic E-state index is 13.4. The third-order valence-corrected chi connectivity index (χ3v) is 8.01. The van der Waals surface area contributed by atoms with Crippen molar-refractivity contribution in [3.8, 4) is 5.75 Å². The van der Waals surface area contributed by atoms with Crippen LogP contribution in [0.2, 0.25) is 0 Å². The smallest absolute Gasteiger partial charge is 0.303 e. The predicted molar refractivity (Wildman–Crippen MR) is 126 cm³/mol. The Hall–Kier alpha value is -3.33. The number of hydrogen-bond acceptors (Lipinski definition) is 6. The molecule has 0 aromatic heterocycles. The van der Waals surface area contributed by atoms with Crippen LogP contribution in [0.25, 0.3) is 0 Å². The number of aliphatic carboxylic acids is 1. The van der Waals surface area contributed by atoms with E-state index in [-0.39, 0.29) is 59.4 Å². The van der Waals surface area contributed by atoms with E-state index >= 15 is 0 Å². The summed E-state index contributed by atoms with van der Waals surface area (Å²) in [7, 11) is 0. The van der Waals surface area contributed by atoms with Crippen LogP contribution in [0.3, 0.4) is 0 Å². The molecule has 9 heteroatoms. The number of carboxylic acid groups (broad SMARTS) is 1. The third-order valence-electron chi connectivity index (χ3n) is 7.42. The number of carboxylic acids is 1. The molecular weight excluding hydrogens is 518 g/mol. The van der Waals surface area contributed by atoms with E-state index in [0.717, 1.165) is 10.5 Å². The highest BCUT2D eigenvalue weighted by molar-refractivity contribution is 9.12. The lowest BCUT2D eigenvalue weighted by molar-refractivity contribution is -0.142. The van der Waals surface area contributed by atoms with Gasteiger partial charge >= 0.3 is 5.97 Å². The van der Waals surface area contributed by atoms with E-state index < -0.39 is 29.6 Å². The lowest BCUT2D eigenvalue weighted by atomic mass is 9.59. The van der Waals surface area contributed by atoms with Crippen LogP contribution in [-0.2, 0) is 24.0 Å². The maximum Gasteiger partial charge on any atom is 0.303 e. The van der Waals surface area contributed by atoms with Crippen LogP contribution in [0, 0.1) is 17.8 Å². The highest BCUT2D eigenvalue weighted by atomic mass is 79.9. The summed E-state index contributed by atoms with van der Waals surface area (Å²) in [6, 6.07) is 6.43. The molecule has 1 fully saturated rings. The van der Waals surface area contributed by atoms with Gasteiger partial charge in [-0.25, -0.2) is 0 Å². The average molecular weight is 540 g/mol. The number of ketones is 2. The number of rotatable bonds is 5. The molecule has 3 aliphatic carbocycles. The minimum atomic E-state index is -0.993. The summed E-state index contributed by atoms with van der Waals surface area (Å²) in [5.74, 6) is -4.43. The van der Waals surface area contributed by atoms with Crippen molar-refractivity contribution in [2.24, 2.45) is 17.8 Å². The predicted octanol–water partition coefficient (Wildman–Crippen LogP) is 3.02. The molecule has 0 saturated carbocycles. The van der Waals surface area contributed by atoms with E-state index in [0.29, 0.717) is 23.1 Å². The molecule has 1 aromatic carbocycles. The average Bonchev–Trinajstić information content (AvgIpc) is 3.06. The van der Waals surface area contributed by atoms with Gasteiger partial charge in [0, 0.05) is 36.1 Å². The van der Waals surface area contributed by atoms with E-state index in [9.17, 15) is 29.1 Å². The molecule has 1 saturated heterocycles. The van der Waals surface area contributed by atoms with Crippen LogP contribution in [0.4, 0.5) is 0 Å². The zero-order valence-corrected chi connectivity index (χ0v) is 20.2. The van der Waals surface area contributed by atoms with Gasteiger partial charge in [0.15, 0.2) is 11.6 Å². The molecule has 1 aliphatic heterocycles. The number of phenols is 1. The Balaban J connectivity index is 1.57. The summed E-state index contributed by atoms with van der Waals surface area (Å²) in [4.78, 5) is 64.8. The minimum Gasteiger partial charge on any atom is -0.508 e. The fourth-order valence-corrected chi connectivity index (χ4v) is 6.37. The summed E-state index contributed by atoms with van der Waals surface area (Å²) in [5, 5.41) is 18.7. The second-order valence-corrected chi connectivity index (χ2v) is 10.2. The Bertz CT molecular complexity index is 1270. The molecule has 35 heavy (non-hydrogen) atoms. The number of fused-ring (bicyclic) bond motifs is 3. The number of amides is 2. The van der Waals surface area contributed by atoms with E-state index in [2.05, 4.69) is 15.9 Å². The van der Waals surface area contributed by atoms with Crippen molar-refractivity contribution in [1.82, 2.24) is 4.90 Å². The van der Waals surface area contributed by atoms with Crippen LogP contribution >= 0.6 is 15.9 Å². The van der Waals surface area contributed by atoms with Crippen LogP contribution in [0.15, 0.2) is 57.6 Å². The molecule has 1 heterocycles. The van der Waals surface area contributed by atoms with Crippen LogP contribution in [0.5, 0.6) is 5.75 Å². The van der Waals surface area contributed by atoms with E-state index in [1.165, 1.54) is 18.2 Å². The first kappa shape index (κ1) is 23.4. The Morgan fingerprint density at radius 2 is 1.77 bits per heavy atom. The first-order chi connectivity index (χ1) is 16.7. The quantitative estimate of drug-likeness (QED) is 0.334. The second-order valence-electron chi connectivity index (χ2n) is 9.31. The van der Waals surface area contributed by atoms with Gasteiger partial charge < -0.3 is 10.2 Å². The van der Waals surface area contributed by atoms with Gasteiger partial charge in [-0.3, -0.25) is 28.9 Å². The SMILES string of the molecule is O=C(O)CCCN1C(=O)[C@H]2[C@H](CC=C3[C@H](c4ccc(O)cc4)C4=C(C[C@H]32)C(=O)C(Br)=CC4=O)C1=O. The molecule has 0 bridgehead atoms. The van der Waals surface area contributed by atoms with Crippen LogP contribution < -0.4 is 0 Å². The van der Waals surface area contributed by atoms with Crippen molar-refractivity contribution >= 4 is 45.3 Å². The molecule has 0 radical (unpaired) electrons. The van der Waals surface area contributed by atoms with Gasteiger partial charge in [0.25, 0.3) is 0 Å². The van der Waals surface area contributed by atoms with Crippen LogP contribution in [-0.4, -0.2) is 51.0 Å². The van der Waals surface area contributed by atoms with Gasteiger partial charge in [0.1, 0.15) is 5.75 Å². The number of carbonyl (C=O) groups excluding carboxylic acids is 4. The van der Waals surface area contributed by atoms with E-state index in [1.54, 1.807) is 12.1 Å². The lowest BCUT2D eigenvalue weighted by Crippen LogP contribution is -2.39. The highest BCUT2D eigenvalue weighted by Gasteiger charge is 2.56. The standard InChI is InChI=1S/C26H22BrNO7/c27-18-11-19(30)23-17(24(18)33)10-16-14(21(23)12-3-5-13(29)6-4-12)7-8-15-22(16)26(35)28(25(15)34)9-1-2-20(31)32/h3-7,11,15-16,21-22,29H,1-2,8-10H2,(H,31,32)/t15-,16+,21-,22-/m0/s1. The Kier molecular flexibility index (Phi) is 5.83. The molecular formula is C26H22BrNO7. The second kappa shape index (κ2) is 8.71. The number of carbonyl (C=O) groups is 5. The summed E-state index contributed by atoms with van der Waals surface area (Å²) in [6.45, 7) is 0.0417. The number of halogens is 1. The summed E-state index contributed by atoms with van der Waals surface area (Å²) in [5.41, 5.74) is 2.26. The Morgan fingerprint density at radius 3 is 2.46 bits per heavy atom. The molecule has 4 atom stereocenters. The normalized spacial score (nSPS) is 27.9. The number of nitrogens with zero attached hydrogens (tertiary/aromatic N) is 1. The lowest BCUT2D eigenvalue weighted by Gasteiger charge is -2.42. The van der Waals surface area contributed by atoms with Gasteiger partial charge in [0.05, 0.1) is 16.3 Å². The largest absolute Gasteiger partial charge is 0.508 e. The van der Waals surface area contributed by atoms with Crippen molar-refractivity contribution in [3.63, 3.8) is 0 Å². The topological polar surface area (TPSA) is 129 Å². The fourth-order valence-electron chi connectivity index (χ4n) is 5.93. The molecule has 2 N–H and O–H groups in total.